The quantitative estimate of drug-likeness (QED) is 0.0228. The minimum absolute atomic E-state index is 0.0165. The van der Waals surface area contributed by atoms with E-state index in [2.05, 4.69) is 112 Å². The number of carbonyl (C=O) groups is 4. The van der Waals surface area contributed by atoms with Crippen molar-refractivity contribution >= 4 is 23.9 Å². The highest BCUT2D eigenvalue weighted by molar-refractivity contribution is 5.74. The summed E-state index contributed by atoms with van der Waals surface area (Å²) in [6.07, 6.45) is 51.1. The van der Waals surface area contributed by atoms with E-state index in [0.29, 0.717) is 25.7 Å². The molecule has 1 aliphatic rings. The van der Waals surface area contributed by atoms with Crippen molar-refractivity contribution < 1.29 is 58.2 Å². The number of aliphatic hydroxyl groups is 2. The third-order valence-corrected chi connectivity index (χ3v) is 12.2. The Bertz CT molecular complexity index is 1640. The second-order valence-corrected chi connectivity index (χ2v) is 18.8. The van der Waals surface area contributed by atoms with Gasteiger partial charge in [0.15, 0.2) is 24.6 Å². The van der Waals surface area contributed by atoms with E-state index >= 15 is 0 Å². The maximum Gasteiger partial charge on any atom is 0.335 e. The number of hydrogen-bond donors (Lipinski definition) is 3. The van der Waals surface area contributed by atoms with Gasteiger partial charge in [-0.05, 0) is 89.9 Å². The highest BCUT2D eigenvalue weighted by atomic mass is 16.7. The van der Waals surface area contributed by atoms with Crippen LogP contribution in [0.15, 0.2) is 97.2 Å². The molecule has 0 amide bonds. The van der Waals surface area contributed by atoms with Crippen molar-refractivity contribution in [1.29, 1.82) is 0 Å². The van der Waals surface area contributed by atoms with E-state index in [4.69, 9.17) is 23.7 Å². The Morgan fingerprint density at radius 2 is 0.877 bits per heavy atom. The first-order valence-electron chi connectivity index (χ1n) is 28.2. The van der Waals surface area contributed by atoms with Crippen LogP contribution in [0.4, 0.5) is 0 Å². The van der Waals surface area contributed by atoms with Gasteiger partial charge in [-0.3, -0.25) is 14.4 Å². The van der Waals surface area contributed by atoms with Gasteiger partial charge in [-0.25, -0.2) is 4.79 Å². The zero-order chi connectivity index (χ0) is 53.3. The smallest absolute Gasteiger partial charge is 0.335 e. The molecule has 6 atom stereocenters. The van der Waals surface area contributed by atoms with Crippen LogP contribution in [0, 0.1) is 0 Å². The molecule has 12 heteroatoms. The van der Waals surface area contributed by atoms with Crippen LogP contribution < -0.4 is 0 Å². The Kier molecular flexibility index (Phi) is 44.4. The first-order chi connectivity index (χ1) is 35.6. The van der Waals surface area contributed by atoms with Gasteiger partial charge in [-0.1, -0.05) is 201 Å². The number of carbonyl (C=O) groups excluding carboxylic acids is 3. The second kappa shape index (κ2) is 48.6. The number of aliphatic hydroxyl groups excluding tert-OH is 2. The molecule has 0 aromatic rings. The highest BCUT2D eigenvalue weighted by Crippen LogP contribution is 2.26. The fourth-order valence-electron chi connectivity index (χ4n) is 7.89. The second-order valence-electron chi connectivity index (χ2n) is 18.8. The monoisotopic (exact) mass is 1020 g/mol. The SMILES string of the molecule is CC/C=C\C/C=C\C/C=C\C/C=C\C/C=C\CCCC(=O)OCC(COC1OC(C(=O)O)C(O)C(O)C1OC(=O)CCCCC/C=C\C/C=C\C/C=C\CC)OC(=O)CCCCCCCCCCCCCCC. The van der Waals surface area contributed by atoms with Crippen molar-refractivity contribution in [1.82, 2.24) is 0 Å². The Morgan fingerprint density at radius 1 is 0.466 bits per heavy atom. The first kappa shape index (κ1) is 66.7. The molecule has 0 radical (unpaired) electrons. The first-order valence-corrected chi connectivity index (χ1v) is 28.2. The van der Waals surface area contributed by atoms with E-state index in [-0.39, 0.29) is 25.9 Å². The molecule has 0 bridgehead atoms. The van der Waals surface area contributed by atoms with Crippen LogP contribution in [0.3, 0.4) is 0 Å². The molecule has 3 N–H and O–H groups in total. The van der Waals surface area contributed by atoms with E-state index in [1.54, 1.807) is 0 Å². The summed E-state index contributed by atoms with van der Waals surface area (Å²) in [4.78, 5) is 51.0. The van der Waals surface area contributed by atoms with E-state index in [1.807, 2.05) is 6.08 Å². The van der Waals surface area contributed by atoms with E-state index in [0.717, 1.165) is 89.9 Å². The van der Waals surface area contributed by atoms with Gasteiger partial charge in [0.2, 0.25) is 0 Å². The molecule has 1 heterocycles. The summed E-state index contributed by atoms with van der Waals surface area (Å²) in [6, 6.07) is 0. The third-order valence-electron chi connectivity index (χ3n) is 12.2. The fraction of sp³-hybridized carbons (Fsp3) is 0.672. The molecule has 1 fully saturated rings. The summed E-state index contributed by atoms with van der Waals surface area (Å²) < 4.78 is 28.3. The molecular formula is C61H98O12. The molecule has 1 rings (SSSR count). The number of rotatable bonds is 46. The summed E-state index contributed by atoms with van der Waals surface area (Å²) >= 11 is 0. The molecule has 73 heavy (non-hydrogen) atoms. The average molecular weight is 1020 g/mol. The molecule has 414 valence electrons. The predicted molar refractivity (Wildman–Crippen MR) is 294 cm³/mol. The average Bonchev–Trinajstić information content (AvgIpc) is 3.37. The minimum Gasteiger partial charge on any atom is -0.479 e. The molecule has 12 nitrogen and oxygen atoms in total. The maximum atomic E-state index is 13.1. The van der Waals surface area contributed by atoms with Gasteiger partial charge < -0.3 is 39.0 Å². The van der Waals surface area contributed by atoms with Gasteiger partial charge in [0.05, 0.1) is 6.61 Å². The van der Waals surface area contributed by atoms with Crippen LogP contribution in [0.1, 0.15) is 213 Å². The molecule has 6 unspecified atom stereocenters. The van der Waals surface area contributed by atoms with Crippen LogP contribution in [0.25, 0.3) is 0 Å². The van der Waals surface area contributed by atoms with Crippen molar-refractivity contribution in [2.75, 3.05) is 13.2 Å². The van der Waals surface area contributed by atoms with Gasteiger partial charge in [0.1, 0.15) is 18.8 Å². The minimum atomic E-state index is -1.92. The molecule has 0 aliphatic carbocycles. The summed E-state index contributed by atoms with van der Waals surface area (Å²) in [5.74, 6) is -3.24. The number of unbranched alkanes of at least 4 members (excludes halogenated alkanes) is 16. The lowest BCUT2D eigenvalue weighted by atomic mass is 9.98. The van der Waals surface area contributed by atoms with Crippen molar-refractivity contribution in [3.63, 3.8) is 0 Å². The Hall–Kier alpha value is -4.36. The van der Waals surface area contributed by atoms with Crippen LogP contribution in [-0.4, -0.2) is 89.2 Å². The van der Waals surface area contributed by atoms with Crippen LogP contribution in [0.2, 0.25) is 0 Å². The molecule has 0 aromatic carbocycles. The summed E-state index contributed by atoms with van der Waals surface area (Å²) in [5, 5.41) is 31.4. The zero-order valence-corrected chi connectivity index (χ0v) is 45.3. The topological polar surface area (TPSA) is 175 Å². The van der Waals surface area contributed by atoms with Crippen molar-refractivity contribution in [3.05, 3.63) is 97.2 Å². The maximum absolute atomic E-state index is 13.1. The third kappa shape index (κ3) is 38.8. The van der Waals surface area contributed by atoms with Gasteiger partial charge in [-0.15, -0.1) is 0 Å². The number of aliphatic carboxylic acids is 1. The largest absolute Gasteiger partial charge is 0.479 e. The molecule has 0 saturated carbocycles. The van der Waals surface area contributed by atoms with Crippen LogP contribution >= 0.6 is 0 Å². The summed E-state index contributed by atoms with van der Waals surface area (Å²) in [5.41, 5.74) is 0. The van der Waals surface area contributed by atoms with E-state index < -0.39 is 67.3 Å². The standard InChI is InChI=1S/C61H98O12/c1-4-7-10-13-16-19-22-25-26-27-28-31-32-35-38-41-44-47-53(62)69-50-52(71-54(63)48-45-42-39-36-33-29-23-20-17-14-11-8-5-2)51-70-61-59(57(66)56(65)58(73-61)60(67)68)72-55(64)49-46-43-40-37-34-30-24-21-18-15-12-9-6-3/h7,9-10,12,16,18-19,21,25-26,28,30-31,34-35,38,52,56-59,61,65-66H,4-6,8,11,13-15,17,20,22-24,27,29,32-33,36-37,39-51H2,1-3H3,(H,67,68)/b10-7-,12-9-,19-16-,21-18-,26-25-,31-28-,34-30-,38-35-. The molecule has 1 saturated heterocycles. The van der Waals surface area contributed by atoms with Crippen molar-refractivity contribution in [3.8, 4) is 0 Å². The van der Waals surface area contributed by atoms with E-state index in [1.165, 1.54) is 57.8 Å². The van der Waals surface area contributed by atoms with Gasteiger partial charge >= 0.3 is 23.9 Å². The number of carboxylic acids is 1. The van der Waals surface area contributed by atoms with Gasteiger partial charge in [0, 0.05) is 19.3 Å². The Labute approximate surface area is 441 Å². The number of ether oxygens (including phenoxy) is 5. The Balaban J connectivity index is 2.76. The molecule has 0 spiro atoms. The number of carboxylic acid groups (broad SMARTS) is 1. The van der Waals surface area contributed by atoms with Crippen LogP contribution in [0.5, 0.6) is 0 Å². The zero-order valence-electron chi connectivity index (χ0n) is 45.3. The number of allylic oxidation sites excluding steroid dienone is 16. The van der Waals surface area contributed by atoms with Gasteiger partial charge in [-0.2, -0.15) is 0 Å². The summed E-state index contributed by atoms with van der Waals surface area (Å²) in [7, 11) is 0. The number of hydrogen-bond acceptors (Lipinski definition) is 11. The summed E-state index contributed by atoms with van der Waals surface area (Å²) in [6.45, 7) is 5.68. The van der Waals surface area contributed by atoms with Crippen LogP contribution in [-0.2, 0) is 42.9 Å². The molecule has 1 aliphatic heterocycles. The lowest BCUT2D eigenvalue weighted by Gasteiger charge is -2.40. The lowest BCUT2D eigenvalue weighted by molar-refractivity contribution is -0.301. The normalized spacial score (nSPS) is 19.1. The van der Waals surface area contributed by atoms with Gasteiger partial charge in [0.25, 0.3) is 0 Å². The number of esters is 3. The lowest BCUT2D eigenvalue weighted by Crippen LogP contribution is -2.61. The Morgan fingerprint density at radius 3 is 1.36 bits per heavy atom. The molecular weight excluding hydrogens is 925 g/mol. The molecule has 0 aromatic heterocycles. The highest BCUT2D eigenvalue weighted by Gasteiger charge is 2.50. The predicted octanol–water partition coefficient (Wildman–Crippen LogP) is 14.1. The van der Waals surface area contributed by atoms with E-state index in [9.17, 15) is 34.5 Å². The van der Waals surface area contributed by atoms with Crippen molar-refractivity contribution in [2.24, 2.45) is 0 Å². The van der Waals surface area contributed by atoms with Crippen molar-refractivity contribution in [2.45, 2.75) is 250 Å². The fourth-order valence-corrected chi connectivity index (χ4v) is 7.89.